The minimum absolute atomic E-state index is 0.684. The maximum Gasteiger partial charge on any atom is 0.172 e. The molecule has 0 saturated carbocycles. The van der Waals surface area contributed by atoms with Gasteiger partial charge >= 0.3 is 0 Å². The highest BCUT2D eigenvalue weighted by Gasteiger charge is 2.10. The van der Waals surface area contributed by atoms with Crippen LogP contribution in [-0.4, -0.2) is 18.2 Å². The van der Waals surface area contributed by atoms with Gasteiger partial charge in [-0.05, 0) is 12.1 Å². The molecule has 0 saturated heterocycles. The van der Waals surface area contributed by atoms with E-state index in [9.17, 15) is 0 Å². The third-order valence-electron chi connectivity index (χ3n) is 2.70. The van der Waals surface area contributed by atoms with Crippen molar-refractivity contribution in [3.63, 3.8) is 0 Å². The van der Waals surface area contributed by atoms with Gasteiger partial charge < -0.3 is 9.47 Å². The summed E-state index contributed by atoms with van der Waals surface area (Å²) in [6.45, 7) is 1.37. The number of pyridine rings is 1. The van der Waals surface area contributed by atoms with Crippen LogP contribution < -0.4 is 9.47 Å². The van der Waals surface area contributed by atoms with Gasteiger partial charge in [0.25, 0.3) is 0 Å². The van der Waals surface area contributed by atoms with E-state index in [2.05, 4.69) is 17.1 Å². The highest BCUT2D eigenvalue weighted by Crippen LogP contribution is 2.33. The summed E-state index contributed by atoms with van der Waals surface area (Å²) in [5, 5.41) is 5.10. The monoisotopic (exact) mass is 271 g/mol. The zero-order chi connectivity index (χ0) is 12.9. The molecule has 1 aliphatic heterocycles. The van der Waals surface area contributed by atoms with Gasteiger partial charge in [-0.2, -0.15) is 0 Å². The largest absolute Gasteiger partial charge is 0.485 e. The van der Waals surface area contributed by atoms with Crippen LogP contribution in [-0.2, 0) is 0 Å². The molecular weight excluding hydrogens is 258 g/mol. The quantitative estimate of drug-likeness (QED) is 0.624. The number of benzene rings is 1. The van der Waals surface area contributed by atoms with Crippen molar-refractivity contribution in [3.05, 3.63) is 53.4 Å². The first-order valence-electron chi connectivity index (χ1n) is 6.05. The van der Waals surface area contributed by atoms with E-state index in [0.29, 0.717) is 13.2 Å². The number of hydrogen-bond acceptors (Lipinski definition) is 4. The summed E-state index contributed by atoms with van der Waals surface area (Å²) >= 11 is 1.61. The van der Waals surface area contributed by atoms with Crippen LogP contribution >= 0.6 is 11.3 Å². The molecule has 0 amide bonds. The number of para-hydroxylation sites is 1. The third kappa shape index (κ3) is 2.85. The maximum absolute atomic E-state index is 5.25. The van der Waals surface area contributed by atoms with E-state index in [1.807, 2.05) is 41.2 Å². The first-order chi connectivity index (χ1) is 9.43. The topological polar surface area (TPSA) is 31.4 Å². The Hall–Kier alpha value is -2.07. The van der Waals surface area contributed by atoms with E-state index < -0.39 is 0 Å². The van der Waals surface area contributed by atoms with Crippen molar-refractivity contribution in [2.75, 3.05) is 13.2 Å². The molecule has 4 heteroatoms. The predicted molar refractivity (Wildman–Crippen MR) is 77.1 cm³/mol. The van der Waals surface area contributed by atoms with Gasteiger partial charge in [0, 0.05) is 22.3 Å². The molecule has 3 heterocycles. The fourth-order valence-electron chi connectivity index (χ4n) is 1.80. The van der Waals surface area contributed by atoms with Crippen molar-refractivity contribution in [1.29, 1.82) is 0 Å². The summed E-state index contributed by atoms with van der Waals surface area (Å²) in [6.07, 6.45) is 1.81. The lowest BCUT2D eigenvalue weighted by atomic mass is 10.2. The van der Waals surface area contributed by atoms with Crippen LogP contribution in [0.4, 0.5) is 0 Å². The molecular formula is C15H13NO2S. The van der Waals surface area contributed by atoms with Gasteiger partial charge in [0.15, 0.2) is 11.5 Å². The molecule has 1 aromatic carbocycles. The van der Waals surface area contributed by atoms with Crippen LogP contribution in [0, 0.1) is 0 Å². The highest BCUT2D eigenvalue weighted by molar-refractivity contribution is 7.08. The molecule has 0 radical (unpaired) electrons. The first-order valence-corrected chi connectivity index (χ1v) is 6.99. The SMILES string of the molecule is c1ccc2ncccc2c1.c1scc2c1OCCO2. The van der Waals surface area contributed by atoms with E-state index in [-0.39, 0.29) is 0 Å². The second-order valence-corrected chi connectivity index (χ2v) is 4.74. The summed E-state index contributed by atoms with van der Waals surface area (Å²) in [5.74, 6) is 1.79. The molecule has 0 unspecified atom stereocenters. The zero-order valence-corrected chi connectivity index (χ0v) is 11.1. The van der Waals surface area contributed by atoms with Crippen LogP contribution in [0.5, 0.6) is 11.5 Å². The van der Waals surface area contributed by atoms with Gasteiger partial charge in [-0.3, -0.25) is 4.98 Å². The number of rotatable bonds is 0. The van der Waals surface area contributed by atoms with Gasteiger partial charge in [0.1, 0.15) is 13.2 Å². The molecule has 96 valence electrons. The molecule has 0 N–H and O–H groups in total. The molecule has 4 rings (SSSR count). The van der Waals surface area contributed by atoms with Crippen LogP contribution in [0.15, 0.2) is 53.4 Å². The number of hydrogen-bond donors (Lipinski definition) is 0. The lowest BCUT2D eigenvalue weighted by Crippen LogP contribution is -2.13. The van der Waals surface area contributed by atoms with Crippen molar-refractivity contribution in [2.24, 2.45) is 0 Å². The zero-order valence-electron chi connectivity index (χ0n) is 10.3. The van der Waals surface area contributed by atoms with Gasteiger partial charge in [-0.1, -0.05) is 24.3 Å². The number of aromatic nitrogens is 1. The second-order valence-electron chi connectivity index (χ2n) is 3.99. The third-order valence-corrected chi connectivity index (χ3v) is 3.40. The molecule has 3 aromatic rings. The van der Waals surface area contributed by atoms with Crippen LogP contribution in [0.3, 0.4) is 0 Å². The Morgan fingerprint density at radius 1 is 0.895 bits per heavy atom. The number of ether oxygens (including phenoxy) is 2. The normalized spacial score (nSPS) is 12.6. The predicted octanol–water partition coefficient (Wildman–Crippen LogP) is 3.75. The number of thiophene rings is 1. The Balaban J connectivity index is 0.000000117. The molecule has 0 spiro atoms. The molecule has 0 bridgehead atoms. The summed E-state index contributed by atoms with van der Waals surface area (Å²) < 4.78 is 10.5. The van der Waals surface area contributed by atoms with E-state index in [1.165, 1.54) is 5.39 Å². The van der Waals surface area contributed by atoms with Crippen LogP contribution in [0.25, 0.3) is 10.9 Å². The maximum atomic E-state index is 5.25. The molecule has 2 aromatic heterocycles. The summed E-state index contributed by atoms with van der Waals surface area (Å²) in [4.78, 5) is 4.18. The van der Waals surface area contributed by atoms with Crippen molar-refractivity contribution in [1.82, 2.24) is 4.98 Å². The minimum atomic E-state index is 0.684. The number of nitrogens with zero attached hydrogens (tertiary/aromatic N) is 1. The Morgan fingerprint density at radius 3 is 2.32 bits per heavy atom. The van der Waals surface area contributed by atoms with E-state index in [4.69, 9.17) is 9.47 Å². The average Bonchev–Trinajstić information content (AvgIpc) is 2.96. The van der Waals surface area contributed by atoms with Gasteiger partial charge in [-0.15, -0.1) is 11.3 Å². The van der Waals surface area contributed by atoms with E-state index in [1.54, 1.807) is 11.3 Å². The van der Waals surface area contributed by atoms with Crippen molar-refractivity contribution in [3.8, 4) is 11.5 Å². The van der Waals surface area contributed by atoms with Crippen molar-refractivity contribution in [2.45, 2.75) is 0 Å². The van der Waals surface area contributed by atoms with Crippen LogP contribution in [0.1, 0.15) is 0 Å². The Labute approximate surface area is 115 Å². The van der Waals surface area contributed by atoms with Crippen LogP contribution in [0.2, 0.25) is 0 Å². The fraction of sp³-hybridized carbons (Fsp3) is 0.133. The molecule has 0 atom stereocenters. The highest BCUT2D eigenvalue weighted by atomic mass is 32.1. The molecule has 1 aliphatic rings. The Kier molecular flexibility index (Phi) is 3.61. The van der Waals surface area contributed by atoms with Gasteiger partial charge in [0.2, 0.25) is 0 Å². The summed E-state index contributed by atoms with van der Waals surface area (Å²) in [7, 11) is 0. The smallest absolute Gasteiger partial charge is 0.172 e. The molecule has 0 fully saturated rings. The molecule has 0 aliphatic carbocycles. The Bertz CT molecular complexity index is 580. The molecule has 3 nitrogen and oxygen atoms in total. The van der Waals surface area contributed by atoms with Crippen molar-refractivity contribution >= 4 is 22.2 Å². The van der Waals surface area contributed by atoms with E-state index in [0.717, 1.165) is 17.0 Å². The second kappa shape index (κ2) is 5.71. The van der Waals surface area contributed by atoms with Gasteiger partial charge in [0.05, 0.1) is 5.52 Å². The average molecular weight is 271 g/mol. The Morgan fingerprint density at radius 2 is 1.58 bits per heavy atom. The van der Waals surface area contributed by atoms with E-state index >= 15 is 0 Å². The first kappa shape index (κ1) is 12.0. The summed E-state index contributed by atoms with van der Waals surface area (Å²) in [5.41, 5.74) is 1.06. The minimum Gasteiger partial charge on any atom is -0.485 e. The number of fused-ring (bicyclic) bond motifs is 2. The molecule has 19 heavy (non-hydrogen) atoms. The fourth-order valence-corrected chi connectivity index (χ4v) is 2.49. The standard InChI is InChI=1S/C9H7N.C6H6O2S/c1-2-6-9-8(4-1)5-3-7-10-9;1-2-8-6-4-9-3-5(6)7-1/h1-7H;3-4H,1-2H2. The summed E-state index contributed by atoms with van der Waals surface area (Å²) in [6, 6.07) is 12.1. The van der Waals surface area contributed by atoms with Gasteiger partial charge in [-0.25, -0.2) is 0 Å². The lowest BCUT2D eigenvalue weighted by Gasteiger charge is -2.13. The van der Waals surface area contributed by atoms with Crippen molar-refractivity contribution < 1.29 is 9.47 Å². The lowest BCUT2D eigenvalue weighted by molar-refractivity contribution is 0.173.